The van der Waals surface area contributed by atoms with Crippen LogP contribution in [-0.4, -0.2) is 20.3 Å². The predicted molar refractivity (Wildman–Crippen MR) is 83.5 cm³/mol. The van der Waals surface area contributed by atoms with Gasteiger partial charge in [0.1, 0.15) is 0 Å². The molecule has 5 nitrogen and oxygen atoms in total. The maximum absolute atomic E-state index is 12.2. The molecule has 1 aromatic carbocycles. The number of aromatic nitrogens is 1. The highest BCUT2D eigenvalue weighted by molar-refractivity contribution is 5.81. The summed E-state index contributed by atoms with van der Waals surface area (Å²) < 4.78 is 17.3. The number of hydrogen-bond donors (Lipinski definition) is 0. The van der Waals surface area contributed by atoms with Gasteiger partial charge >= 0.3 is 0 Å². The largest absolute Gasteiger partial charge is 0.618 e. The molecule has 0 atom stereocenters. The van der Waals surface area contributed by atoms with Crippen LogP contribution in [-0.2, 0) is 0 Å². The molecule has 0 aliphatic heterocycles. The van der Waals surface area contributed by atoms with Gasteiger partial charge in [-0.1, -0.05) is 6.42 Å². The third-order valence-corrected chi connectivity index (χ3v) is 4.17. The summed E-state index contributed by atoms with van der Waals surface area (Å²) in [6, 6.07) is 5.38. The van der Waals surface area contributed by atoms with E-state index in [9.17, 15) is 5.21 Å². The molecule has 1 aromatic heterocycles. The van der Waals surface area contributed by atoms with Gasteiger partial charge in [-0.3, -0.25) is 0 Å². The second-order valence-electron chi connectivity index (χ2n) is 5.65. The van der Waals surface area contributed by atoms with E-state index in [1.54, 1.807) is 26.4 Å². The van der Waals surface area contributed by atoms with Gasteiger partial charge in [0.05, 0.1) is 31.8 Å². The highest BCUT2D eigenvalue weighted by atomic mass is 16.5. The van der Waals surface area contributed by atoms with E-state index in [1.165, 1.54) is 25.5 Å². The minimum Gasteiger partial charge on any atom is -0.618 e. The van der Waals surface area contributed by atoms with Crippen molar-refractivity contribution in [3.8, 4) is 17.2 Å². The van der Waals surface area contributed by atoms with Crippen molar-refractivity contribution in [1.82, 2.24) is 0 Å². The highest BCUT2D eigenvalue weighted by Crippen LogP contribution is 2.32. The van der Waals surface area contributed by atoms with E-state index in [0.29, 0.717) is 22.8 Å². The third-order valence-electron chi connectivity index (χ3n) is 4.17. The van der Waals surface area contributed by atoms with E-state index >= 15 is 0 Å². The van der Waals surface area contributed by atoms with Crippen molar-refractivity contribution < 1.29 is 18.9 Å². The first-order valence-electron chi connectivity index (χ1n) is 7.67. The first kappa shape index (κ1) is 14.8. The number of hydrogen-bond acceptors (Lipinski definition) is 4. The van der Waals surface area contributed by atoms with Crippen molar-refractivity contribution >= 4 is 10.9 Å². The van der Waals surface area contributed by atoms with Crippen LogP contribution >= 0.6 is 0 Å². The first-order chi connectivity index (χ1) is 10.7. The van der Waals surface area contributed by atoms with Crippen LogP contribution in [0.3, 0.4) is 0 Å². The van der Waals surface area contributed by atoms with Crippen molar-refractivity contribution in [3.05, 3.63) is 29.6 Å². The molecule has 1 saturated carbocycles. The first-order valence-corrected chi connectivity index (χ1v) is 7.67. The molecule has 1 aliphatic carbocycles. The molecule has 1 heterocycles. The Morgan fingerprint density at radius 2 is 1.68 bits per heavy atom. The van der Waals surface area contributed by atoms with Gasteiger partial charge < -0.3 is 19.4 Å². The Bertz CT molecular complexity index is 665. The van der Waals surface area contributed by atoms with Crippen molar-refractivity contribution in [1.29, 1.82) is 0 Å². The topological polar surface area (TPSA) is 54.6 Å². The third kappa shape index (κ3) is 2.89. The lowest BCUT2D eigenvalue weighted by molar-refractivity contribution is -0.577. The summed E-state index contributed by atoms with van der Waals surface area (Å²) in [7, 11) is 3.14. The van der Waals surface area contributed by atoms with E-state index in [2.05, 4.69) is 0 Å². The minimum atomic E-state index is 0.214. The molecule has 0 saturated heterocycles. The Balaban J connectivity index is 1.96. The maximum atomic E-state index is 12.2. The van der Waals surface area contributed by atoms with E-state index in [-0.39, 0.29) is 6.10 Å². The molecule has 22 heavy (non-hydrogen) atoms. The van der Waals surface area contributed by atoms with Crippen LogP contribution < -0.4 is 18.9 Å². The second kappa shape index (κ2) is 6.30. The van der Waals surface area contributed by atoms with Crippen molar-refractivity contribution in [2.45, 2.75) is 38.2 Å². The molecule has 1 fully saturated rings. The fourth-order valence-electron chi connectivity index (χ4n) is 3.01. The number of fused-ring (bicyclic) bond motifs is 1. The summed E-state index contributed by atoms with van der Waals surface area (Å²) >= 11 is 0. The van der Waals surface area contributed by atoms with Crippen LogP contribution in [0.2, 0.25) is 0 Å². The summed E-state index contributed by atoms with van der Waals surface area (Å²) in [4.78, 5) is 0. The zero-order valence-corrected chi connectivity index (χ0v) is 13.0. The van der Waals surface area contributed by atoms with Gasteiger partial charge in [-0.2, -0.15) is 4.73 Å². The van der Waals surface area contributed by atoms with E-state index in [0.717, 1.165) is 23.0 Å². The summed E-state index contributed by atoms with van der Waals surface area (Å²) in [5.41, 5.74) is 0.536. The Labute approximate surface area is 130 Å². The maximum Gasteiger partial charge on any atom is 0.228 e. The molecule has 0 unspecified atom stereocenters. The Hall–Kier alpha value is -2.17. The lowest BCUT2D eigenvalue weighted by Crippen LogP contribution is -2.28. The highest BCUT2D eigenvalue weighted by Gasteiger charge is 2.18. The SMILES string of the molecule is COc1cc2cc(OC3CCCCC3)c[n+]([O-])c2cc1OC. The van der Waals surface area contributed by atoms with Crippen LogP contribution in [0.5, 0.6) is 17.2 Å². The van der Waals surface area contributed by atoms with Gasteiger partial charge in [0.25, 0.3) is 0 Å². The Morgan fingerprint density at radius 3 is 2.36 bits per heavy atom. The quantitative estimate of drug-likeness (QED) is 0.643. The lowest BCUT2D eigenvalue weighted by Gasteiger charge is -2.22. The standard InChI is InChI=1S/C17H21NO4/c1-20-16-9-12-8-14(22-13-6-4-3-5-7-13)11-18(19)15(12)10-17(16)21-2/h8-11,13H,3-7H2,1-2H3. The summed E-state index contributed by atoms with van der Waals surface area (Å²) in [6.07, 6.45) is 7.48. The predicted octanol–water partition coefficient (Wildman–Crippen LogP) is 3.20. The zero-order chi connectivity index (χ0) is 15.5. The smallest absolute Gasteiger partial charge is 0.228 e. The molecule has 1 aliphatic rings. The second-order valence-corrected chi connectivity index (χ2v) is 5.65. The van der Waals surface area contributed by atoms with Gasteiger partial charge in [0.2, 0.25) is 11.7 Å². The molecule has 0 N–H and O–H groups in total. The Morgan fingerprint density at radius 1 is 1.00 bits per heavy atom. The average Bonchev–Trinajstić information content (AvgIpc) is 2.54. The van der Waals surface area contributed by atoms with Crippen LogP contribution in [0.15, 0.2) is 24.4 Å². The molecule has 0 radical (unpaired) electrons. The van der Waals surface area contributed by atoms with E-state index in [4.69, 9.17) is 14.2 Å². The number of benzene rings is 1. The molecule has 0 bridgehead atoms. The normalized spacial score (nSPS) is 15.7. The Kier molecular flexibility index (Phi) is 4.22. The monoisotopic (exact) mass is 303 g/mol. The van der Waals surface area contributed by atoms with Crippen LogP contribution in [0.1, 0.15) is 32.1 Å². The fraction of sp³-hybridized carbons (Fsp3) is 0.471. The molecular formula is C17H21NO4. The van der Waals surface area contributed by atoms with Crippen LogP contribution in [0.4, 0.5) is 0 Å². The van der Waals surface area contributed by atoms with E-state index < -0.39 is 0 Å². The van der Waals surface area contributed by atoms with Gasteiger partial charge in [-0.05, 0) is 31.7 Å². The molecule has 0 amide bonds. The number of methoxy groups -OCH3 is 2. The van der Waals surface area contributed by atoms with E-state index in [1.807, 2.05) is 6.07 Å². The lowest BCUT2D eigenvalue weighted by atomic mass is 9.98. The number of pyridine rings is 1. The van der Waals surface area contributed by atoms with Crippen molar-refractivity contribution in [2.24, 2.45) is 0 Å². The molecule has 118 valence electrons. The molecular weight excluding hydrogens is 282 g/mol. The van der Waals surface area contributed by atoms with Gasteiger partial charge in [-0.15, -0.1) is 0 Å². The molecule has 2 aromatic rings. The van der Waals surface area contributed by atoms with Crippen LogP contribution in [0.25, 0.3) is 10.9 Å². The van der Waals surface area contributed by atoms with Gasteiger partial charge in [-0.25, -0.2) is 0 Å². The molecule has 0 spiro atoms. The van der Waals surface area contributed by atoms with Gasteiger partial charge in [0, 0.05) is 6.07 Å². The van der Waals surface area contributed by atoms with Crippen LogP contribution in [0, 0.1) is 5.21 Å². The minimum absolute atomic E-state index is 0.214. The van der Waals surface area contributed by atoms with Gasteiger partial charge in [0.15, 0.2) is 17.2 Å². The molecule has 3 rings (SSSR count). The fourth-order valence-corrected chi connectivity index (χ4v) is 3.01. The molecule has 5 heteroatoms. The zero-order valence-electron chi connectivity index (χ0n) is 13.0. The summed E-state index contributed by atoms with van der Waals surface area (Å²) in [6.45, 7) is 0. The summed E-state index contributed by atoms with van der Waals surface area (Å²) in [5, 5.41) is 13.0. The van der Waals surface area contributed by atoms with Crippen molar-refractivity contribution in [3.63, 3.8) is 0 Å². The van der Waals surface area contributed by atoms with Crippen molar-refractivity contribution in [2.75, 3.05) is 14.2 Å². The number of rotatable bonds is 4. The summed E-state index contributed by atoms with van der Waals surface area (Å²) in [5.74, 6) is 1.76. The average molecular weight is 303 g/mol. The number of ether oxygens (including phenoxy) is 3. The number of nitrogens with zero attached hydrogens (tertiary/aromatic N) is 1.